The summed E-state index contributed by atoms with van der Waals surface area (Å²) >= 11 is 0. The van der Waals surface area contributed by atoms with Crippen LogP contribution in [0.5, 0.6) is 0 Å². The van der Waals surface area contributed by atoms with Gasteiger partial charge < -0.3 is 10.4 Å². The van der Waals surface area contributed by atoms with Crippen LogP contribution in [-0.4, -0.2) is 32.5 Å². The number of pyridine rings is 2. The summed E-state index contributed by atoms with van der Waals surface area (Å²) in [6, 6.07) is 5.18. The molecule has 2 atom stereocenters. The van der Waals surface area contributed by atoms with E-state index in [1.807, 2.05) is 6.92 Å². The highest BCUT2D eigenvalue weighted by atomic mass is 16.4. The molecule has 0 bridgehead atoms. The Bertz CT molecular complexity index is 762. The quantitative estimate of drug-likeness (QED) is 0.907. The largest absolute Gasteiger partial charge is 0.481 e. The maximum absolute atomic E-state index is 12.5. The minimum atomic E-state index is -0.856. The minimum Gasteiger partial charge on any atom is -0.481 e. The Morgan fingerprint density at radius 2 is 2.13 bits per heavy atom. The van der Waals surface area contributed by atoms with Gasteiger partial charge in [-0.1, -0.05) is 12.8 Å². The normalized spacial score (nSPS) is 24.3. The molecule has 23 heavy (non-hydrogen) atoms. The zero-order valence-electron chi connectivity index (χ0n) is 13.0. The van der Waals surface area contributed by atoms with Crippen molar-refractivity contribution in [2.45, 2.75) is 38.1 Å². The maximum Gasteiger partial charge on any atom is 0.308 e. The maximum atomic E-state index is 12.5. The Balaban J connectivity index is 1.85. The van der Waals surface area contributed by atoms with E-state index >= 15 is 0 Å². The van der Waals surface area contributed by atoms with E-state index in [4.69, 9.17) is 0 Å². The number of amides is 1. The van der Waals surface area contributed by atoms with Crippen molar-refractivity contribution in [3.8, 4) is 0 Å². The summed E-state index contributed by atoms with van der Waals surface area (Å²) in [6.45, 7) is 1.81. The predicted molar refractivity (Wildman–Crippen MR) is 85.0 cm³/mol. The van der Waals surface area contributed by atoms with Crippen molar-refractivity contribution in [2.24, 2.45) is 5.92 Å². The van der Waals surface area contributed by atoms with E-state index in [2.05, 4.69) is 15.3 Å². The average molecular weight is 313 g/mol. The third kappa shape index (κ3) is 3.02. The van der Waals surface area contributed by atoms with E-state index in [1.54, 1.807) is 30.6 Å². The summed E-state index contributed by atoms with van der Waals surface area (Å²) < 4.78 is 0. The molecular formula is C17H19N3O3. The molecule has 1 amide bonds. The summed E-state index contributed by atoms with van der Waals surface area (Å²) in [7, 11) is 0. The number of hydrogen-bond acceptors (Lipinski definition) is 4. The molecule has 2 heterocycles. The highest BCUT2D eigenvalue weighted by Gasteiger charge is 2.42. The first-order chi connectivity index (χ1) is 11.0. The Morgan fingerprint density at radius 3 is 2.91 bits per heavy atom. The Morgan fingerprint density at radius 1 is 1.30 bits per heavy atom. The molecule has 1 fully saturated rings. The first kappa shape index (κ1) is 15.4. The first-order valence-corrected chi connectivity index (χ1v) is 7.76. The van der Waals surface area contributed by atoms with Crippen LogP contribution in [-0.2, 0) is 4.79 Å². The van der Waals surface area contributed by atoms with Crippen LogP contribution >= 0.6 is 0 Å². The monoisotopic (exact) mass is 313 g/mol. The van der Waals surface area contributed by atoms with Gasteiger partial charge in [-0.2, -0.15) is 0 Å². The van der Waals surface area contributed by atoms with Gasteiger partial charge in [-0.15, -0.1) is 0 Å². The van der Waals surface area contributed by atoms with Crippen LogP contribution in [0.3, 0.4) is 0 Å². The lowest BCUT2D eigenvalue weighted by molar-refractivity contribution is -0.145. The Hall–Kier alpha value is -2.50. The topological polar surface area (TPSA) is 92.2 Å². The molecule has 0 aliphatic heterocycles. The first-order valence-electron chi connectivity index (χ1n) is 7.76. The average Bonchev–Trinajstić information content (AvgIpc) is 2.54. The molecule has 2 N–H and O–H groups in total. The lowest BCUT2D eigenvalue weighted by atomic mass is 9.74. The van der Waals surface area contributed by atoms with Crippen LogP contribution in [0, 0.1) is 5.92 Å². The molecule has 2 aromatic rings. The number of hydrogen-bond donors (Lipinski definition) is 2. The smallest absolute Gasteiger partial charge is 0.308 e. The summed E-state index contributed by atoms with van der Waals surface area (Å²) in [5.41, 5.74) is 0.242. The van der Waals surface area contributed by atoms with Crippen molar-refractivity contribution in [2.75, 3.05) is 0 Å². The van der Waals surface area contributed by atoms with E-state index in [1.165, 1.54) is 0 Å². The second-order valence-corrected chi connectivity index (χ2v) is 6.27. The second kappa shape index (κ2) is 5.95. The fourth-order valence-electron chi connectivity index (χ4n) is 3.29. The highest BCUT2D eigenvalue weighted by Crippen LogP contribution is 2.34. The van der Waals surface area contributed by atoms with Crippen molar-refractivity contribution < 1.29 is 14.7 Å². The molecule has 6 heteroatoms. The highest BCUT2D eigenvalue weighted by molar-refractivity contribution is 5.95. The number of aliphatic carboxylic acids is 1. The third-order valence-corrected chi connectivity index (χ3v) is 4.63. The number of carboxylic acid groups (broad SMARTS) is 1. The number of rotatable bonds is 3. The van der Waals surface area contributed by atoms with E-state index in [0.717, 1.165) is 18.2 Å². The van der Waals surface area contributed by atoms with E-state index in [-0.39, 0.29) is 5.91 Å². The van der Waals surface area contributed by atoms with Gasteiger partial charge in [0.05, 0.1) is 17.0 Å². The van der Waals surface area contributed by atoms with Gasteiger partial charge in [0.2, 0.25) is 0 Å². The summed E-state index contributed by atoms with van der Waals surface area (Å²) in [6.07, 6.45) is 6.35. The van der Waals surface area contributed by atoms with Gasteiger partial charge in [0.1, 0.15) is 5.69 Å². The Kier molecular flexibility index (Phi) is 3.98. The fraction of sp³-hybridized carbons (Fsp3) is 0.412. The standard InChI is InChI=1S/C17H19N3O3/c1-17(8-3-2-4-12(17)16(22)23)20-15(21)14-6-5-11-10-18-9-7-13(11)19-14/h5-7,9-10,12H,2-4,8H2,1H3,(H,20,21)(H,22,23). The molecule has 6 nitrogen and oxygen atoms in total. The minimum absolute atomic E-state index is 0.291. The Labute approximate surface area is 133 Å². The molecule has 1 aliphatic carbocycles. The van der Waals surface area contributed by atoms with Crippen molar-refractivity contribution in [3.05, 3.63) is 36.3 Å². The summed E-state index contributed by atoms with van der Waals surface area (Å²) in [5.74, 6) is -1.76. The van der Waals surface area contributed by atoms with Crippen molar-refractivity contribution >= 4 is 22.8 Å². The van der Waals surface area contributed by atoms with Crippen LogP contribution in [0.2, 0.25) is 0 Å². The van der Waals surface area contributed by atoms with Crippen molar-refractivity contribution in [1.29, 1.82) is 0 Å². The van der Waals surface area contributed by atoms with Gasteiger partial charge in [0.15, 0.2) is 0 Å². The number of carboxylic acids is 1. The molecule has 2 unspecified atom stereocenters. The van der Waals surface area contributed by atoms with Gasteiger partial charge in [0.25, 0.3) is 5.91 Å². The number of carbonyl (C=O) groups is 2. The summed E-state index contributed by atoms with van der Waals surface area (Å²) in [4.78, 5) is 32.4. The molecule has 2 aromatic heterocycles. The van der Waals surface area contributed by atoms with Gasteiger partial charge in [0, 0.05) is 17.8 Å². The van der Waals surface area contributed by atoms with Gasteiger partial charge in [-0.3, -0.25) is 14.6 Å². The van der Waals surface area contributed by atoms with Crippen LogP contribution in [0.25, 0.3) is 10.9 Å². The van der Waals surface area contributed by atoms with E-state index < -0.39 is 17.4 Å². The molecule has 0 saturated heterocycles. The lowest BCUT2D eigenvalue weighted by Gasteiger charge is -2.39. The SMILES string of the molecule is CC1(NC(=O)c2ccc3cnccc3n2)CCCCC1C(=O)O. The molecular weight excluding hydrogens is 294 g/mol. The zero-order chi connectivity index (χ0) is 16.4. The van der Waals surface area contributed by atoms with Crippen LogP contribution in [0.1, 0.15) is 43.1 Å². The lowest BCUT2D eigenvalue weighted by Crippen LogP contribution is -2.55. The van der Waals surface area contributed by atoms with Crippen molar-refractivity contribution in [3.63, 3.8) is 0 Å². The predicted octanol–water partition coefficient (Wildman–Crippen LogP) is 2.39. The molecule has 1 saturated carbocycles. The number of carbonyl (C=O) groups excluding carboxylic acids is 1. The van der Waals surface area contributed by atoms with Crippen LogP contribution < -0.4 is 5.32 Å². The van der Waals surface area contributed by atoms with E-state index in [9.17, 15) is 14.7 Å². The van der Waals surface area contributed by atoms with Gasteiger partial charge >= 0.3 is 5.97 Å². The molecule has 1 aliphatic rings. The number of aromatic nitrogens is 2. The fourth-order valence-corrected chi connectivity index (χ4v) is 3.29. The molecule has 0 spiro atoms. The zero-order valence-corrected chi connectivity index (χ0v) is 13.0. The molecule has 120 valence electrons. The van der Waals surface area contributed by atoms with Crippen LogP contribution in [0.15, 0.2) is 30.6 Å². The van der Waals surface area contributed by atoms with Crippen molar-refractivity contribution in [1.82, 2.24) is 15.3 Å². The number of fused-ring (bicyclic) bond motifs is 1. The summed E-state index contributed by atoms with van der Waals surface area (Å²) in [5, 5.41) is 13.2. The van der Waals surface area contributed by atoms with Gasteiger partial charge in [-0.25, -0.2) is 4.98 Å². The molecule has 0 radical (unpaired) electrons. The van der Waals surface area contributed by atoms with E-state index in [0.29, 0.717) is 24.1 Å². The molecule has 3 rings (SSSR count). The second-order valence-electron chi connectivity index (χ2n) is 6.27. The van der Waals surface area contributed by atoms with Crippen LogP contribution in [0.4, 0.5) is 0 Å². The third-order valence-electron chi connectivity index (χ3n) is 4.63. The van der Waals surface area contributed by atoms with Gasteiger partial charge in [-0.05, 0) is 38.0 Å². The number of nitrogens with one attached hydrogen (secondary N) is 1. The number of nitrogens with zero attached hydrogens (tertiary/aromatic N) is 2. The molecule has 0 aromatic carbocycles.